The average Bonchev–Trinajstić information content (AvgIpc) is 2.00. The zero-order valence-electron chi connectivity index (χ0n) is 6.15. The summed E-state index contributed by atoms with van der Waals surface area (Å²) in [7, 11) is 0. The number of halogens is 1. The molecule has 0 atom stereocenters. The van der Waals surface area contributed by atoms with Crippen LogP contribution in [0.1, 0.15) is 25.7 Å². The van der Waals surface area contributed by atoms with E-state index in [1.165, 1.54) is 25.7 Å². The van der Waals surface area contributed by atoms with Crippen LogP contribution in [0.3, 0.4) is 0 Å². The summed E-state index contributed by atoms with van der Waals surface area (Å²) in [5.74, 6) is 0. The molecule has 0 spiro atoms. The molecular weight excluding hydrogens is 150 g/mol. The SMILES string of the molecule is C1CCCNNNCC1.Cl. The van der Waals surface area contributed by atoms with Crippen LogP contribution in [0.2, 0.25) is 0 Å². The first-order valence-electron chi connectivity index (χ1n) is 3.71. The van der Waals surface area contributed by atoms with E-state index in [9.17, 15) is 0 Å². The van der Waals surface area contributed by atoms with Gasteiger partial charge in [-0.2, -0.15) is 5.53 Å². The molecule has 0 amide bonds. The van der Waals surface area contributed by atoms with Crippen LogP contribution in [0, 0.1) is 0 Å². The van der Waals surface area contributed by atoms with E-state index in [0.29, 0.717) is 0 Å². The number of hydrogen-bond acceptors (Lipinski definition) is 3. The first-order chi connectivity index (χ1) is 4.50. The van der Waals surface area contributed by atoms with Gasteiger partial charge in [0.1, 0.15) is 0 Å². The fourth-order valence-electron chi connectivity index (χ4n) is 0.968. The zero-order chi connectivity index (χ0) is 6.36. The number of nitrogens with one attached hydrogen (secondary N) is 3. The molecule has 1 heterocycles. The van der Waals surface area contributed by atoms with Crippen LogP contribution in [-0.4, -0.2) is 13.1 Å². The van der Waals surface area contributed by atoms with Crippen LogP contribution in [0.4, 0.5) is 0 Å². The van der Waals surface area contributed by atoms with Gasteiger partial charge in [0, 0.05) is 13.1 Å². The zero-order valence-corrected chi connectivity index (χ0v) is 6.97. The Morgan fingerprint density at radius 1 is 0.700 bits per heavy atom. The van der Waals surface area contributed by atoms with Gasteiger partial charge >= 0.3 is 0 Å². The Kier molecular flexibility index (Phi) is 7.40. The Hall–Kier alpha value is 0.170. The van der Waals surface area contributed by atoms with Gasteiger partial charge in [-0.25, -0.2) is 10.9 Å². The van der Waals surface area contributed by atoms with Crippen LogP contribution >= 0.6 is 12.4 Å². The fourth-order valence-corrected chi connectivity index (χ4v) is 0.968. The minimum absolute atomic E-state index is 0. The van der Waals surface area contributed by atoms with Gasteiger partial charge in [0.25, 0.3) is 0 Å². The maximum absolute atomic E-state index is 3.07. The first-order valence-corrected chi connectivity index (χ1v) is 3.71. The Morgan fingerprint density at radius 3 is 1.70 bits per heavy atom. The number of hydrogen-bond donors (Lipinski definition) is 3. The molecule has 1 fully saturated rings. The lowest BCUT2D eigenvalue weighted by Gasteiger charge is -2.03. The molecule has 0 saturated carbocycles. The molecule has 0 aromatic rings. The second kappa shape index (κ2) is 7.28. The topological polar surface area (TPSA) is 36.1 Å². The van der Waals surface area contributed by atoms with Gasteiger partial charge < -0.3 is 0 Å². The van der Waals surface area contributed by atoms with Crippen LogP contribution in [-0.2, 0) is 0 Å². The number of hydrazine groups is 2. The Morgan fingerprint density at radius 2 is 1.20 bits per heavy atom. The molecule has 1 aliphatic rings. The molecule has 0 unspecified atom stereocenters. The van der Waals surface area contributed by atoms with E-state index >= 15 is 0 Å². The third-order valence-electron chi connectivity index (χ3n) is 1.53. The molecule has 3 N–H and O–H groups in total. The summed E-state index contributed by atoms with van der Waals surface area (Å²) in [4.78, 5) is 0. The summed E-state index contributed by atoms with van der Waals surface area (Å²) >= 11 is 0. The van der Waals surface area contributed by atoms with Gasteiger partial charge in [-0.15, -0.1) is 12.4 Å². The van der Waals surface area contributed by atoms with E-state index in [4.69, 9.17) is 0 Å². The van der Waals surface area contributed by atoms with Crippen molar-refractivity contribution in [2.45, 2.75) is 25.7 Å². The summed E-state index contributed by atoms with van der Waals surface area (Å²) in [5, 5.41) is 0. The van der Waals surface area contributed by atoms with Crippen molar-refractivity contribution in [1.82, 2.24) is 16.4 Å². The smallest absolute Gasteiger partial charge is 0.0113 e. The third-order valence-corrected chi connectivity index (χ3v) is 1.53. The molecule has 1 rings (SSSR count). The van der Waals surface area contributed by atoms with Crippen molar-refractivity contribution < 1.29 is 0 Å². The standard InChI is InChI=1S/C6H15N3.ClH/c1-2-4-6-8-9-7-5-3-1;/h7-9H,1-6H2;1H. The van der Waals surface area contributed by atoms with Gasteiger partial charge in [0.15, 0.2) is 0 Å². The van der Waals surface area contributed by atoms with Crippen LogP contribution < -0.4 is 16.4 Å². The molecule has 4 heteroatoms. The minimum atomic E-state index is 0. The molecule has 0 aliphatic carbocycles. The Labute approximate surface area is 68.3 Å². The van der Waals surface area contributed by atoms with Crippen molar-refractivity contribution in [1.29, 1.82) is 0 Å². The lowest BCUT2D eigenvalue weighted by Crippen LogP contribution is -2.43. The lowest BCUT2D eigenvalue weighted by atomic mass is 10.2. The molecule has 1 saturated heterocycles. The second-order valence-corrected chi connectivity index (χ2v) is 2.39. The molecule has 0 bridgehead atoms. The predicted octanol–water partition coefficient (Wildman–Crippen LogP) is 0.581. The molecule has 62 valence electrons. The average molecular weight is 166 g/mol. The highest BCUT2D eigenvalue weighted by atomic mass is 35.5. The predicted molar refractivity (Wildman–Crippen MR) is 44.9 cm³/mol. The molecular formula is C6H16ClN3. The Bertz CT molecular complexity index is 41.5. The quantitative estimate of drug-likeness (QED) is 0.492. The van der Waals surface area contributed by atoms with Crippen molar-refractivity contribution in [2.75, 3.05) is 13.1 Å². The molecule has 0 aromatic heterocycles. The summed E-state index contributed by atoms with van der Waals surface area (Å²) < 4.78 is 0. The highest BCUT2D eigenvalue weighted by molar-refractivity contribution is 5.85. The molecule has 1 aliphatic heterocycles. The van der Waals surface area contributed by atoms with Crippen molar-refractivity contribution in [3.05, 3.63) is 0 Å². The van der Waals surface area contributed by atoms with E-state index in [0.717, 1.165) is 13.1 Å². The molecule has 0 radical (unpaired) electrons. The minimum Gasteiger partial charge on any atom is -0.244 e. The molecule has 0 aromatic carbocycles. The van der Waals surface area contributed by atoms with Gasteiger partial charge in [-0.05, 0) is 12.8 Å². The normalized spacial score (nSPS) is 21.6. The highest BCUT2D eigenvalue weighted by Gasteiger charge is 1.92. The van der Waals surface area contributed by atoms with Crippen LogP contribution in [0.15, 0.2) is 0 Å². The third kappa shape index (κ3) is 4.99. The second-order valence-electron chi connectivity index (χ2n) is 2.39. The van der Waals surface area contributed by atoms with E-state index < -0.39 is 0 Å². The van der Waals surface area contributed by atoms with Gasteiger partial charge in [0.2, 0.25) is 0 Å². The fraction of sp³-hybridized carbons (Fsp3) is 1.00. The summed E-state index contributed by atoms with van der Waals surface area (Å²) in [6.45, 7) is 2.15. The van der Waals surface area contributed by atoms with Gasteiger partial charge in [-0.1, -0.05) is 12.8 Å². The molecule has 10 heavy (non-hydrogen) atoms. The maximum atomic E-state index is 3.07. The largest absolute Gasteiger partial charge is 0.244 e. The van der Waals surface area contributed by atoms with E-state index in [1.807, 2.05) is 0 Å². The van der Waals surface area contributed by atoms with E-state index in [-0.39, 0.29) is 12.4 Å². The highest BCUT2D eigenvalue weighted by Crippen LogP contribution is 1.97. The van der Waals surface area contributed by atoms with E-state index in [2.05, 4.69) is 16.4 Å². The monoisotopic (exact) mass is 165 g/mol. The van der Waals surface area contributed by atoms with Crippen molar-refractivity contribution in [3.63, 3.8) is 0 Å². The van der Waals surface area contributed by atoms with Gasteiger partial charge in [-0.3, -0.25) is 0 Å². The van der Waals surface area contributed by atoms with Crippen LogP contribution in [0.5, 0.6) is 0 Å². The summed E-state index contributed by atoms with van der Waals surface area (Å²) in [6.07, 6.45) is 5.29. The van der Waals surface area contributed by atoms with Crippen LogP contribution in [0.25, 0.3) is 0 Å². The summed E-state index contributed by atoms with van der Waals surface area (Å²) in [6, 6.07) is 0. The van der Waals surface area contributed by atoms with Crippen molar-refractivity contribution >= 4 is 12.4 Å². The maximum Gasteiger partial charge on any atom is 0.0113 e. The summed E-state index contributed by atoms with van der Waals surface area (Å²) in [5.41, 5.74) is 9.06. The lowest BCUT2D eigenvalue weighted by molar-refractivity contribution is 0.442. The van der Waals surface area contributed by atoms with Crippen molar-refractivity contribution in [2.24, 2.45) is 0 Å². The van der Waals surface area contributed by atoms with E-state index in [1.54, 1.807) is 0 Å². The Balaban J connectivity index is 0.000000810. The first kappa shape index (κ1) is 10.2. The molecule has 3 nitrogen and oxygen atoms in total. The van der Waals surface area contributed by atoms with Crippen molar-refractivity contribution in [3.8, 4) is 0 Å². The number of rotatable bonds is 0. The van der Waals surface area contributed by atoms with Gasteiger partial charge in [0.05, 0.1) is 0 Å².